The zero-order valence-electron chi connectivity index (χ0n) is 30.7. The first-order valence-electron chi connectivity index (χ1n) is 18.7. The van der Waals surface area contributed by atoms with Crippen LogP contribution in [0.5, 0.6) is 5.75 Å². The molecule has 53 heavy (non-hydrogen) atoms. The number of likely N-dealkylation sites (N-methyl/N-ethyl adjacent to an activating group) is 1. The fraction of sp³-hybridized carbons (Fsp3) is 0.462. The smallest absolute Gasteiger partial charge is 0.479 e. The first-order chi connectivity index (χ1) is 25.8. The van der Waals surface area contributed by atoms with Crippen LogP contribution in [0, 0.1) is 5.82 Å². The van der Waals surface area contributed by atoms with Crippen LogP contribution >= 0.6 is 7.82 Å². The Morgan fingerprint density at radius 1 is 0.792 bits per heavy atom. The van der Waals surface area contributed by atoms with Gasteiger partial charge in [0.1, 0.15) is 6.04 Å². The van der Waals surface area contributed by atoms with Gasteiger partial charge < -0.3 is 20.7 Å². The number of phosphoric ester groups is 1. The van der Waals surface area contributed by atoms with Crippen LogP contribution in [0.3, 0.4) is 0 Å². The van der Waals surface area contributed by atoms with Gasteiger partial charge in [-0.25, -0.2) is 13.5 Å². The second-order valence-electron chi connectivity index (χ2n) is 13.8. The zero-order valence-corrected chi connectivity index (χ0v) is 31.6. The number of methoxy groups -OCH3 is 1. The quantitative estimate of drug-likeness (QED) is 0.0513. The largest absolute Gasteiger partial charge is 0.494 e. The number of nitrogens with zero attached hydrogens (tertiary/aromatic N) is 4. The Balaban J connectivity index is 1.16. The summed E-state index contributed by atoms with van der Waals surface area (Å²) in [4.78, 5) is 14.1. The molecule has 0 spiro atoms. The zero-order chi connectivity index (χ0) is 36.9. The fourth-order valence-corrected chi connectivity index (χ4v) is 8.30. The highest BCUT2D eigenvalue weighted by molar-refractivity contribution is 7.48. The van der Waals surface area contributed by atoms with Crippen molar-refractivity contribution in [2.24, 2.45) is 0 Å². The SMILES string of the molecule is CC[N+]1(COP(=O)(OCc2ccccc2)OCc2ccccc2)CCCC1CNc1nc(Nc2ccc(OC)c(F)c2)nc(NC2CCCCCC2)n1. The third-order valence-corrected chi connectivity index (χ3v) is 11.5. The van der Waals surface area contributed by atoms with Crippen molar-refractivity contribution in [3.05, 3.63) is 95.8 Å². The average molecular weight is 749 g/mol. The molecule has 12 nitrogen and oxygen atoms in total. The molecule has 1 aromatic heterocycles. The van der Waals surface area contributed by atoms with Gasteiger partial charge >= 0.3 is 7.82 Å². The molecule has 0 amide bonds. The summed E-state index contributed by atoms with van der Waals surface area (Å²) < 4.78 is 52.4. The maximum Gasteiger partial charge on any atom is 0.479 e. The van der Waals surface area contributed by atoms with E-state index in [1.807, 2.05) is 60.7 Å². The molecule has 2 unspecified atom stereocenters. The molecular weight excluding hydrogens is 696 g/mol. The summed E-state index contributed by atoms with van der Waals surface area (Å²) in [6, 6.07) is 24.2. The predicted molar refractivity (Wildman–Crippen MR) is 204 cm³/mol. The van der Waals surface area contributed by atoms with Crippen molar-refractivity contribution in [1.29, 1.82) is 0 Å². The van der Waals surface area contributed by atoms with E-state index < -0.39 is 13.6 Å². The molecule has 1 aliphatic heterocycles. The average Bonchev–Trinajstić information content (AvgIpc) is 3.42. The van der Waals surface area contributed by atoms with Crippen molar-refractivity contribution in [2.45, 2.75) is 83.6 Å². The number of rotatable bonds is 18. The first-order valence-corrected chi connectivity index (χ1v) is 20.2. The van der Waals surface area contributed by atoms with Crippen molar-refractivity contribution in [1.82, 2.24) is 15.0 Å². The minimum absolute atomic E-state index is 0.0974. The van der Waals surface area contributed by atoms with Crippen molar-refractivity contribution in [3.63, 3.8) is 0 Å². The molecule has 3 N–H and O–H groups in total. The first kappa shape index (κ1) is 38.6. The maximum atomic E-state index is 14.5. The summed E-state index contributed by atoms with van der Waals surface area (Å²) in [5.41, 5.74) is 2.24. The van der Waals surface area contributed by atoms with Crippen molar-refractivity contribution >= 4 is 31.4 Å². The molecule has 2 heterocycles. The third kappa shape index (κ3) is 11.0. The molecule has 4 aromatic rings. The number of anilines is 4. The number of benzene rings is 3. The van der Waals surface area contributed by atoms with Crippen LogP contribution in [0.25, 0.3) is 0 Å². The molecule has 2 atom stereocenters. The van der Waals surface area contributed by atoms with E-state index in [0.717, 1.165) is 62.7 Å². The highest BCUT2D eigenvalue weighted by Crippen LogP contribution is 2.52. The van der Waals surface area contributed by atoms with Crippen LogP contribution in [0.1, 0.15) is 69.4 Å². The molecule has 284 valence electrons. The molecule has 1 saturated heterocycles. The topological polar surface area (TPSA) is 129 Å². The van der Waals surface area contributed by atoms with Gasteiger partial charge in [0.05, 0.1) is 40.0 Å². The Labute approximate surface area is 312 Å². The Morgan fingerprint density at radius 2 is 1.43 bits per heavy atom. The normalized spacial score (nSPS) is 19.4. The van der Waals surface area contributed by atoms with Crippen LogP contribution in [0.4, 0.5) is 27.9 Å². The van der Waals surface area contributed by atoms with Gasteiger partial charge in [-0.3, -0.25) is 13.5 Å². The van der Waals surface area contributed by atoms with Gasteiger partial charge in [0.25, 0.3) is 0 Å². The molecule has 6 rings (SSSR count). The van der Waals surface area contributed by atoms with E-state index in [1.54, 1.807) is 12.1 Å². The Kier molecular flexibility index (Phi) is 13.7. The van der Waals surface area contributed by atoms with Crippen molar-refractivity contribution in [3.8, 4) is 5.75 Å². The summed E-state index contributed by atoms with van der Waals surface area (Å²) in [5, 5.41) is 10.2. The lowest BCUT2D eigenvalue weighted by atomic mass is 10.1. The van der Waals surface area contributed by atoms with E-state index in [2.05, 4.69) is 32.8 Å². The van der Waals surface area contributed by atoms with Gasteiger partial charge in [-0.1, -0.05) is 86.3 Å². The molecule has 3 aromatic carbocycles. The van der Waals surface area contributed by atoms with E-state index in [9.17, 15) is 8.96 Å². The summed E-state index contributed by atoms with van der Waals surface area (Å²) in [7, 11) is -2.53. The lowest BCUT2D eigenvalue weighted by molar-refractivity contribution is -0.950. The number of phosphoric acid groups is 1. The Morgan fingerprint density at radius 3 is 2.06 bits per heavy atom. The number of hydrogen-bond donors (Lipinski definition) is 3. The minimum Gasteiger partial charge on any atom is -0.494 e. The van der Waals surface area contributed by atoms with Gasteiger partial charge in [-0.2, -0.15) is 15.0 Å². The van der Waals surface area contributed by atoms with Gasteiger partial charge in [-0.05, 0) is 43.0 Å². The van der Waals surface area contributed by atoms with Crippen molar-refractivity contribution in [2.75, 3.05) is 49.4 Å². The Hall–Kier alpha value is -4.13. The number of hydrogen-bond acceptors (Lipinski definition) is 11. The van der Waals surface area contributed by atoms with Crippen LogP contribution in [-0.2, 0) is 31.4 Å². The van der Waals surface area contributed by atoms with E-state index in [1.165, 1.54) is 26.0 Å². The third-order valence-electron chi connectivity index (χ3n) is 10.2. The number of quaternary nitrogens is 1. The summed E-state index contributed by atoms with van der Waals surface area (Å²) >= 11 is 0. The molecular formula is C39H52FN7O5P+. The van der Waals surface area contributed by atoms with Gasteiger partial charge in [0.2, 0.25) is 17.8 Å². The number of likely N-dealkylation sites (tertiary alicyclic amines) is 1. The molecule has 2 fully saturated rings. The minimum atomic E-state index is -3.96. The highest BCUT2D eigenvalue weighted by Gasteiger charge is 2.43. The second kappa shape index (κ2) is 18.8. The number of halogens is 1. The number of nitrogens with one attached hydrogen (secondary N) is 3. The molecule has 0 radical (unpaired) electrons. The molecule has 1 aliphatic carbocycles. The molecule has 2 aliphatic rings. The number of ether oxygens (including phenoxy) is 1. The van der Waals surface area contributed by atoms with E-state index in [0.29, 0.717) is 34.6 Å². The fourth-order valence-electron chi connectivity index (χ4n) is 7.09. The van der Waals surface area contributed by atoms with E-state index in [-0.39, 0.29) is 37.8 Å². The van der Waals surface area contributed by atoms with Gasteiger partial charge in [0.15, 0.2) is 18.3 Å². The van der Waals surface area contributed by atoms with Crippen LogP contribution < -0.4 is 20.7 Å². The van der Waals surface area contributed by atoms with Gasteiger partial charge in [-0.15, -0.1) is 0 Å². The number of aromatic nitrogens is 3. The van der Waals surface area contributed by atoms with Crippen molar-refractivity contribution < 1.29 is 31.7 Å². The van der Waals surface area contributed by atoms with Crippen LogP contribution in [0.15, 0.2) is 78.9 Å². The van der Waals surface area contributed by atoms with E-state index >= 15 is 0 Å². The second-order valence-corrected chi connectivity index (χ2v) is 15.4. The monoisotopic (exact) mass is 748 g/mol. The summed E-state index contributed by atoms with van der Waals surface area (Å²) in [6.07, 6.45) is 8.78. The Bertz CT molecular complexity index is 1740. The lowest BCUT2D eigenvalue weighted by Crippen LogP contribution is -2.55. The standard InChI is InChI=1S/C39H52FN7O5P/c1-3-47(29-52-53(48,50-27-30-15-8-6-9-16-30)51-28-31-17-10-7-11-18-31)24-14-21-34(47)26-41-37-44-38(42-32-19-12-4-5-13-20-32)46-39(45-37)43-33-22-23-36(49-2)35(40)25-33/h6-11,15-18,22-23,25,32,34H,3-5,12-14,19-21,24,26-29H2,1-2H3,(H3,41,42,43,44,45,46)/q+1. The van der Waals surface area contributed by atoms with E-state index in [4.69, 9.17) is 23.3 Å². The lowest BCUT2D eigenvalue weighted by Gasteiger charge is -2.39. The summed E-state index contributed by atoms with van der Waals surface area (Å²) in [6.45, 7) is 4.62. The molecule has 1 saturated carbocycles. The highest BCUT2D eigenvalue weighted by atomic mass is 31.2. The maximum absolute atomic E-state index is 14.5. The molecule has 14 heteroatoms. The van der Waals surface area contributed by atoms with Crippen LogP contribution in [0.2, 0.25) is 0 Å². The summed E-state index contributed by atoms with van der Waals surface area (Å²) in [5.74, 6) is 0.825. The van der Waals surface area contributed by atoms with Crippen LogP contribution in [-0.4, -0.2) is 65.0 Å². The predicted octanol–water partition coefficient (Wildman–Crippen LogP) is 8.82. The van der Waals surface area contributed by atoms with Gasteiger partial charge in [0, 0.05) is 30.6 Å². The molecule has 0 bridgehead atoms.